The Hall–Kier alpha value is -0.870. The van der Waals surface area contributed by atoms with E-state index in [1.807, 2.05) is 6.20 Å². The summed E-state index contributed by atoms with van der Waals surface area (Å²) in [4.78, 5) is 7.07. The predicted molar refractivity (Wildman–Crippen MR) is 88.6 cm³/mol. The van der Waals surface area contributed by atoms with Crippen LogP contribution in [0.25, 0.3) is 0 Å². The summed E-state index contributed by atoms with van der Waals surface area (Å²) in [5.41, 5.74) is 0.291. The lowest BCUT2D eigenvalue weighted by atomic mass is 9.84. The maximum atomic E-state index is 4.60. The van der Waals surface area contributed by atoms with E-state index >= 15 is 0 Å². The van der Waals surface area contributed by atoms with Gasteiger partial charge in [-0.15, -0.1) is 0 Å². The molecule has 1 atom stereocenters. The van der Waals surface area contributed by atoms with E-state index in [0.29, 0.717) is 11.6 Å². The smallest absolute Gasteiger partial charge is 0.110 e. The summed E-state index contributed by atoms with van der Waals surface area (Å²) in [7, 11) is 4.50. The van der Waals surface area contributed by atoms with Gasteiger partial charge in [-0.05, 0) is 46.8 Å². The molecule has 1 saturated carbocycles. The first kappa shape index (κ1) is 16.5. The van der Waals surface area contributed by atoms with Crippen LogP contribution in [0.5, 0.6) is 0 Å². The fourth-order valence-electron chi connectivity index (χ4n) is 3.87. The zero-order valence-corrected chi connectivity index (χ0v) is 14.2. The Morgan fingerprint density at radius 1 is 1.33 bits per heavy atom. The molecule has 2 rings (SSSR count). The number of imidazole rings is 1. The van der Waals surface area contributed by atoms with E-state index in [-0.39, 0.29) is 0 Å². The van der Waals surface area contributed by atoms with Gasteiger partial charge in [-0.2, -0.15) is 0 Å². The highest BCUT2D eigenvalue weighted by Gasteiger charge is 2.43. The molecule has 0 aromatic carbocycles. The fraction of sp³-hybridized carbons (Fsp3) is 0.824. The van der Waals surface area contributed by atoms with Gasteiger partial charge < -0.3 is 14.8 Å². The summed E-state index contributed by atoms with van der Waals surface area (Å²) in [6.45, 7) is 6.53. The van der Waals surface area contributed by atoms with Crippen LogP contribution in [0.4, 0.5) is 0 Å². The number of nitrogens with zero attached hydrogens (tertiary/aromatic N) is 3. The maximum Gasteiger partial charge on any atom is 0.110 e. The molecule has 1 unspecified atom stereocenters. The van der Waals surface area contributed by atoms with Crippen LogP contribution >= 0.6 is 0 Å². The molecule has 1 fully saturated rings. The molecular formula is C17H32N4. The molecule has 120 valence electrons. The van der Waals surface area contributed by atoms with E-state index in [1.165, 1.54) is 37.9 Å². The van der Waals surface area contributed by atoms with Crippen LogP contribution < -0.4 is 5.32 Å². The highest BCUT2D eigenvalue weighted by molar-refractivity contribution is 5.07. The monoisotopic (exact) mass is 292 g/mol. The van der Waals surface area contributed by atoms with Crippen molar-refractivity contribution in [1.82, 2.24) is 19.8 Å². The van der Waals surface area contributed by atoms with Crippen LogP contribution in [0, 0.1) is 0 Å². The van der Waals surface area contributed by atoms with Crippen LogP contribution in [0.1, 0.15) is 51.8 Å². The number of aromatic nitrogens is 2. The van der Waals surface area contributed by atoms with Crippen molar-refractivity contribution < 1.29 is 0 Å². The quantitative estimate of drug-likeness (QED) is 0.800. The van der Waals surface area contributed by atoms with Crippen LogP contribution in [0.15, 0.2) is 12.4 Å². The molecule has 0 bridgehead atoms. The first-order chi connectivity index (χ1) is 10.1. The second-order valence-electron chi connectivity index (χ2n) is 6.55. The number of hydrogen-bond donors (Lipinski definition) is 1. The van der Waals surface area contributed by atoms with E-state index < -0.39 is 0 Å². The largest absolute Gasteiger partial charge is 0.335 e. The molecule has 0 radical (unpaired) electrons. The average Bonchev–Trinajstić information content (AvgIpc) is 3.12. The third-order valence-electron chi connectivity index (χ3n) is 5.18. The van der Waals surface area contributed by atoms with Crippen molar-refractivity contribution in [3.05, 3.63) is 18.2 Å². The lowest BCUT2D eigenvalue weighted by molar-refractivity contribution is 0.103. The first-order valence-corrected chi connectivity index (χ1v) is 8.55. The lowest BCUT2D eigenvalue weighted by Gasteiger charge is -2.44. The minimum Gasteiger partial charge on any atom is -0.335 e. The molecule has 0 amide bonds. The van der Waals surface area contributed by atoms with Gasteiger partial charge in [0, 0.05) is 36.9 Å². The Kier molecular flexibility index (Phi) is 5.82. The molecule has 0 saturated heterocycles. The molecule has 0 aliphatic heterocycles. The zero-order valence-electron chi connectivity index (χ0n) is 14.2. The van der Waals surface area contributed by atoms with Crippen LogP contribution in [-0.2, 0) is 13.0 Å². The third kappa shape index (κ3) is 3.49. The number of hydrogen-bond acceptors (Lipinski definition) is 3. The minimum absolute atomic E-state index is 0.291. The van der Waals surface area contributed by atoms with Crippen LogP contribution in [0.3, 0.4) is 0 Å². The average molecular weight is 292 g/mol. The van der Waals surface area contributed by atoms with Crippen LogP contribution in [-0.4, -0.2) is 46.7 Å². The van der Waals surface area contributed by atoms with Gasteiger partial charge in [-0.25, -0.2) is 4.98 Å². The van der Waals surface area contributed by atoms with E-state index in [9.17, 15) is 0 Å². The van der Waals surface area contributed by atoms with E-state index in [2.05, 4.69) is 53.9 Å². The lowest BCUT2D eigenvalue weighted by Crippen LogP contribution is -2.58. The summed E-state index contributed by atoms with van der Waals surface area (Å²) < 4.78 is 2.28. The SMILES string of the molecule is CCCNC(Cc1nccn1CC)C1(N(C)C)CCCC1. The molecule has 0 spiro atoms. The molecule has 1 aromatic heterocycles. The van der Waals surface area contributed by atoms with Gasteiger partial charge in [0.25, 0.3) is 0 Å². The van der Waals surface area contributed by atoms with Crippen molar-refractivity contribution in [3.8, 4) is 0 Å². The van der Waals surface area contributed by atoms with Gasteiger partial charge in [0.15, 0.2) is 0 Å². The van der Waals surface area contributed by atoms with Crippen molar-refractivity contribution in [2.75, 3.05) is 20.6 Å². The first-order valence-electron chi connectivity index (χ1n) is 8.55. The molecule has 1 heterocycles. The van der Waals surface area contributed by atoms with E-state index in [1.54, 1.807) is 0 Å². The molecular weight excluding hydrogens is 260 g/mol. The molecule has 4 nitrogen and oxygen atoms in total. The summed E-state index contributed by atoms with van der Waals surface area (Å²) in [6.07, 6.45) is 11.6. The van der Waals surface area contributed by atoms with Crippen molar-refractivity contribution in [3.63, 3.8) is 0 Å². The summed E-state index contributed by atoms with van der Waals surface area (Å²) >= 11 is 0. The Morgan fingerprint density at radius 3 is 2.62 bits per heavy atom. The summed E-state index contributed by atoms with van der Waals surface area (Å²) in [5.74, 6) is 1.22. The van der Waals surface area contributed by atoms with Gasteiger partial charge in [0.1, 0.15) is 5.82 Å². The Balaban J connectivity index is 2.20. The Labute approximate surface area is 129 Å². The molecule has 1 aromatic rings. The molecule has 1 aliphatic rings. The second-order valence-corrected chi connectivity index (χ2v) is 6.55. The Morgan fingerprint density at radius 2 is 2.05 bits per heavy atom. The number of aryl methyl sites for hydroxylation is 1. The van der Waals surface area contributed by atoms with Gasteiger partial charge in [0.05, 0.1) is 0 Å². The second kappa shape index (κ2) is 7.41. The number of rotatable bonds is 8. The summed E-state index contributed by atoms with van der Waals surface area (Å²) in [5, 5.41) is 3.83. The van der Waals surface area contributed by atoms with Crippen molar-refractivity contribution in [1.29, 1.82) is 0 Å². The minimum atomic E-state index is 0.291. The molecule has 1 N–H and O–H groups in total. The molecule has 1 aliphatic carbocycles. The number of likely N-dealkylation sites (N-methyl/N-ethyl adjacent to an activating group) is 1. The topological polar surface area (TPSA) is 33.1 Å². The third-order valence-corrected chi connectivity index (χ3v) is 5.18. The molecule has 4 heteroatoms. The normalized spacial score (nSPS) is 19.3. The van der Waals surface area contributed by atoms with E-state index in [0.717, 1.165) is 19.5 Å². The molecule has 21 heavy (non-hydrogen) atoms. The van der Waals surface area contributed by atoms with Crippen LogP contribution in [0.2, 0.25) is 0 Å². The fourth-order valence-corrected chi connectivity index (χ4v) is 3.87. The van der Waals surface area contributed by atoms with Gasteiger partial charge in [-0.1, -0.05) is 19.8 Å². The van der Waals surface area contributed by atoms with Gasteiger partial charge >= 0.3 is 0 Å². The zero-order chi connectivity index (χ0) is 15.3. The van der Waals surface area contributed by atoms with Crippen molar-refractivity contribution in [2.45, 2.75) is 70.5 Å². The van der Waals surface area contributed by atoms with Crippen molar-refractivity contribution >= 4 is 0 Å². The summed E-state index contributed by atoms with van der Waals surface area (Å²) in [6, 6.07) is 0.489. The van der Waals surface area contributed by atoms with Gasteiger partial charge in [-0.3, -0.25) is 0 Å². The van der Waals surface area contributed by atoms with Gasteiger partial charge in [0.2, 0.25) is 0 Å². The van der Waals surface area contributed by atoms with E-state index in [4.69, 9.17) is 0 Å². The predicted octanol–water partition coefficient (Wildman–Crippen LogP) is 2.69. The number of nitrogens with one attached hydrogen (secondary N) is 1. The highest BCUT2D eigenvalue weighted by Crippen LogP contribution is 2.37. The maximum absolute atomic E-state index is 4.60. The standard InChI is InChI=1S/C17H32N4/c1-5-11-18-15(14-16-19-12-13-21(16)6-2)17(20(3)4)9-7-8-10-17/h12-13,15,18H,5-11,14H2,1-4H3. The Bertz CT molecular complexity index is 418. The highest BCUT2D eigenvalue weighted by atomic mass is 15.2. The van der Waals surface area contributed by atoms with Crippen molar-refractivity contribution in [2.24, 2.45) is 0 Å².